The van der Waals surface area contributed by atoms with E-state index >= 15 is 0 Å². The number of aromatic nitrogens is 1. The quantitative estimate of drug-likeness (QED) is 0.676. The third-order valence-corrected chi connectivity index (χ3v) is 2.57. The fourth-order valence-electron chi connectivity index (χ4n) is 1.89. The Morgan fingerprint density at radius 1 is 1.23 bits per heavy atom. The van der Waals surface area contributed by atoms with Crippen molar-refractivity contribution >= 4 is 0 Å². The number of aromatic amines is 1. The molecule has 0 atom stereocenters. The third kappa shape index (κ3) is 1.96. The summed E-state index contributed by atoms with van der Waals surface area (Å²) in [4.78, 5) is 3.38. The predicted molar refractivity (Wildman–Crippen MR) is 58.3 cm³/mol. The predicted octanol–water partition coefficient (Wildman–Crippen LogP) is 3.74. The fourth-order valence-corrected chi connectivity index (χ4v) is 1.89. The first kappa shape index (κ1) is 10.4. The van der Waals surface area contributed by atoms with Crippen LogP contribution >= 0.6 is 0 Å². The summed E-state index contributed by atoms with van der Waals surface area (Å²) in [7, 11) is 0. The van der Waals surface area contributed by atoms with Crippen molar-refractivity contribution in [3.63, 3.8) is 0 Å². The summed E-state index contributed by atoms with van der Waals surface area (Å²) in [6, 6.07) is 0. The molecular formula is C12H21N. The second-order valence-corrected chi connectivity index (χ2v) is 5.15. The normalized spacial score (nSPS) is 12.5. The first-order valence-electron chi connectivity index (χ1n) is 5.02. The minimum Gasteiger partial charge on any atom is -0.364 e. The van der Waals surface area contributed by atoms with Gasteiger partial charge in [0.15, 0.2) is 0 Å². The molecule has 0 saturated heterocycles. The molecule has 0 aromatic carbocycles. The van der Waals surface area contributed by atoms with Gasteiger partial charge in [-0.15, -0.1) is 0 Å². The van der Waals surface area contributed by atoms with Gasteiger partial charge in [-0.25, -0.2) is 0 Å². The zero-order chi connectivity index (χ0) is 10.2. The average molecular weight is 179 g/mol. The van der Waals surface area contributed by atoms with E-state index in [-0.39, 0.29) is 5.41 Å². The van der Waals surface area contributed by atoms with Crippen LogP contribution in [0.2, 0.25) is 0 Å². The van der Waals surface area contributed by atoms with E-state index < -0.39 is 0 Å². The van der Waals surface area contributed by atoms with Gasteiger partial charge in [0.25, 0.3) is 0 Å². The molecule has 1 aromatic heterocycles. The Labute approximate surface area is 81.6 Å². The Morgan fingerprint density at radius 3 is 2.00 bits per heavy atom. The number of nitrogens with one attached hydrogen (secondary N) is 1. The topological polar surface area (TPSA) is 15.8 Å². The standard InChI is InChI=1S/C12H21N/c1-8(2)11-9(3)10(7-13-11)12(4,5)6/h7-8,13H,1-6H3. The minimum atomic E-state index is 0.258. The Bertz CT molecular complexity index is 287. The molecule has 0 aliphatic heterocycles. The molecule has 0 fully saturated rings. The summed E-state index contributed by atoms with van der Waals surface area (Å²) in [5, 5.41) is 0. The van der Waals surface area contributed by atoms with E-state index in [1.165, 1.54) is 16.8 Å². The molecule has 74 valence electrons. The minimum absolute atomic E-state index is 0.258. The molecule has 13 heavy (non-hydrogen) atoms. The van der Waals surface area contributed by atoms with Crippen LogP contribution in [0.1, 0.15) is 57.4 Å². The zero-order valence-corrected chi connectivity index (χ0v) is 9.65. The van der Waals surface area contributed by atoms with E-state index in [2.05, 4.69) is 52.7 Å². The molecule has 0 spiro atoms. The fraction of sp³-hybridized carbons (Fsp3) is 0.667. The van der Waals surface area contributed by atoms with Crippen molar-refractivity contribution in [3.05, 3.63) is 23.0 Å². The maximum absolute atomic E-state index is 3.38. The van der Waals surface area contributed by atoms with Gasteiger partial charge in [0.1, 0.15) is 0 Å². The van der Waals surface area contributed by atoms with Crippen LogP contribution in [0.4, 0.5) is 0 Å². The molecule has 0 aliphatic rings. The lowest BCUT2D eigenvalue weighted by atomic mass is 9.85. The first-order valence-corrected chi connectivity index (χ1v) is 5.02. The van der Waals surface area contributed by atoms with Gasteiger partial charge < -0.3 is 4.98 Å². The van der Waals surface area contributed by atoms with Crippen molar-refractivity contribution in [2.24, 2.45) is 0 Å². The maximum Gasteiger partial charge on any atom is 0.0205 e. The second kappa shape index (κ2) is 3.21. The lowest BCUT2D eigenvalue weighted by molar-refractivity contribution is 0.587. The molecule has 0 aliphatic carbocycles. The van der Waals surface area contributed by atoms with Crippen molar-refractivity contribution in [2.45, 2.75) is 52.9 Å². The molecule has 1 aromatic rings. The van der Waals surface area contributed by atoms with Gasteiger partial charge in [-0.1, -0.05) is 34.6 Å². The maximum atomic E-state index is 3.38. The van der Waals surface area contributed by atoms with E-state index in [1.807, 2.05) is 0 Å². The van der Waals surface area contributed by atoms with Gasteiger partial charge in [0, 0.05) is 11.9 Å². The van der Waals surface area contributed by atoms with Gasteiger partial charge in [-0.05, 0) is 29.4 Å². The largest absolute Gasteiger partial charge is 0.364 e. The number of H-pyrrole nitrogens is 1. The van der Waals surface area contributed by atoms with Crippen LogP contribution in [-0.4, -0.2) is 4.98 Å². The highest BCUT2D eigenvalue weighted by Gasteiger charge is 2.20. The molecule has 0 radical (unpaired) electrons. The van der Waals surface area contributed by atoms with E-state index in [1.54, 1.807) is 0 Å². The van der Waals surface area contributed by atoms with E-state index in [0.29, 0.717) is 5.92 Å². The van der Waals surface area contributed by atoms with E-state index in [4.69, 9.17) is 0 Å². The Morgan fingerprint density at radius 2 is 1.77 bits per heavy atom. The molecule has 1 heteroatoms. The van der Waals surface area contributed by atoms with Crippen LogP contribution in [0, 0.1) is 6.92 Å². The van der Waals surface area contributed by atoms with Crippen LogP contribution in [-0.2, 0) is 5.41 Å². The number of rotatable bonds is 1. The van der Waals surface area contributed by atoms with Crippen LogP contribution in [0.25, 0.3) is 0 Å². The summed E-state index contributed by atoms with van der Waals surface area (Å²) in [5.74, 6) is 0.594. The monoisotopic (exact) mass is 179 g/mol. The second-order valence-electron chi connectivity index (χ2n) is 5.15. The van der Waals surface area contributed by atoms with Crippen molar-refractivity contribution < 1.29 is 0 Å². The summed E-state index contributed by atoms with van der Waals surface area (Å²) in [5.41, 5.74) is 4.51. The lowest BCUT2D eigenvalue weighted by Gasteiger charge is -2.18. The van der Waals surface area contributed by atoms with Crippen LogP contribution < -0.4 is 0 Å². The molecule has 0 unspecified atom stereocenters. The van der Waals surface area contributed by atoms with Gasteiger partial charge in [-0.2, -0.15) is 0 Å². The Balaban J connectivity index is 3.14. The summed E-state index contributed by atoms with van der Waals surface area (Å²) in [6.45, 7) is 13.4. The van der Waals surface area contributed by atoms with E-state index in [9.17, 15) is 0 Å². The van der Waals surface area contributed by atoms with E-state index in [0.717, 1.165) is 0 Å². The van der Waals surface area contributed by atoms with Gasteiger partial charge in [0.2, 0.25) is 0 Å². The molecule has 1 N–H and O–H groups in total. The van der Waals surface area contributed by atoms with Gasteiger partial charge in [-0.3, -0.25) is 0 Å². The smallest absolute Gasteiger partial charge is 0.0205 e. The molecule has 0 amide bonds. The van der Waals surface area contributed by atoms with Gasteiger partial charge in [0.05, 0.1) is 0 Å². The molecular weight excluding hydrogens is 158 g/mol. The van der Waals surface area contributed by atoms with Gasteiger partial charge >= 0.3 is 0 Å². The summed E-state index contributed by atoms with van der Waals surface area (Å²) >= 11 is 0. The third-order valence-electron chi connectivity index (χ3n) is 2.57. The Kier molecular flexibility index (Phi) is 2.56. The van der Waals surface area contributed by atoms with Crippen LogP contribution in [0.3, 0.4) is 0 Å². The highest BCUT2D eigenvalue weighted by molar-refractivity contribution is 5.35. The highest BCUT2D eigenvalue weighted by atomic mass is 14.7. The number of hydrogen-bond donors (Lipinski definition) is 1. The van der Waals surface area contributed by atoms with Crippen LogP contribution in [0.5, 0.6) is 0 Å². The first-order chi connectivity index (χ1) is 5.84. The SMILES string of the molecule is Cc1c(C(C)(C)C)c[nH]c1C(C)C. The number of hydrogen-bond acceptors (Lipinski definition) is 0. The Hall–Kier alpha value is -0.720. The highest BCUT2D eigenvalue weighted by Crippen LogP contribution is 2.29. The zero-order valence-electron chi connectivity index (χ0n) is 9.65. The van der Waals surface area contributed by atoms with Crippen LogP contribution in [0.15, 0.2) is 6.20 Å². The van der Waals surface area contributed by atoms with Crippen molar-refractivity contribution in [1.29, 1.82) is 0 Å². The molecule has 0 bridgehead atoms. The van der Waals surface area contributed by atoms with Crippen molar-refractivity contribution in [3.8, 4) is 0 Å². The lowest BCUT2D eigenvalue weighted by Crippen LogP contribution is -2.11. The summed E-state index contributed by atoms with van der Waals surface area (Å²) < 4.78 is 0. The molecule has 1 heterocycles. The average Bonchev–Trinajstić information content (AvgIpc) is 2.28. The summed E-state index contributed by atoms with van der Waals surface area (Å²) in [6.07, 6.45) is 2.16. The molecule has 0 saturated carbocycles. The molecule has 1 nitrogen and oxygen atoms in total. The van der Waals surface area contributed by atoms with Crippen molar-refractivity contribution in [2.75, 3.05) is 0 Å². The molecule has 1 rings (SSSR count). The van der Waals surface area contributed by atoms with Crippen molar-refractivity contribution in [1.82, 2.24) is 4.98 Å².